The van der Waals surface area contributed by atoms with Crippen molar-refractivity contribution in [3.8, 4) is 0 Å². The minimum Gasteiger partial charge on any atom is -0.464 e. The van der Waals surface area contributed by atoms with Gasteiger partial charge in [-0.25, -0.2) is 9.59 Å². The summed E-state index contributed by atoms with van der Waals surface area (Å²) >= 11 is 0. The van der Waals surface area contributed by atoms with Gasteiger partial charge in [0.25, 0.3) is 0 Å². The number of nitrogens with one attached hydrogen (secondary N) is 1. The van der Waals surface area contributed by atoms with Gasteiger partial charge in [-0.05, 0) is 26.8 Å². The first-order valence-electron chi connectivity index (χ1n) is 5.72. The lowest BCUT2D eigenvalue weighted by Gasteiger charge is -2.15. The first-order valence-corrected chi connectivity index (χ1v) is 5.72. The monoisotopic (exact) mass is 247 g/mol. The molecule has 0 heterocycles. The second kappa shape index (κ2) is 10.0. The second-order valence-electron chi connectivity index (χ2n) is 3.24. The van der Waals surface area contributed by atoms with Crippen LogP contribution in [-0.4, -0.2) is 51.5 Å². The molecule has 0 rings (SSSR count). The molecule has 0 unspecified atom stereocenters. The van der Waals surface area contributed by atoms with Crippen molar-refractivity contribution >= 4 is 11.9 Å². The predicted molar refractivity (Wildman–Crippen MR) is 61.5 cm³/mol. The van der Waals surface area contributed by atoms with E-state index in [4.69, 9.17) is 14.2 Å². The van der Waals surface area contributed by atoms with Crippen LogP contribution in [0.3, 0.4) is 0 Å². The molecule has 0 saturated carbocycles. The quantitative estimate of drug-likeness (QED) is 0.354. The molecule has 0 radical (unpaired) electrons. The van der Waals surface area contributed by atoms with Crippen LogP contribution in [0.5, 0.6) is 0 Å². The summed E-state index contributed by atoms with van der Waals surface area (Å²) < 4.78 is 14.5. The standard InChI is InChI=1S/C11H21NO5/c1-4-16-10(13)9(11(14)17-5-2)12-7-6-8-15-3/h9,12H,4-8H2,1-3H3. The van der Waals surface area contributed by atoms with Gasteiger partial charge in [-0.3, -0.25) is 5.32 Å². The molecule has 0 fully saturated rings. The summed E-state index contributed by atoms with van der Waals surface area (Å²) in [4.78, 5) is 23.0. The minimum atomic E-state index is -1.05. The molecule has 6 nitrogen and oxygen atoms in total. The minimum absolute atomic E-state index is 0.231. The molecule has 100 valence electrons. The topological polar surface area (TPSA) is 73.9 Å². The van der Waals surface area contributed by atoms with E-state index in [2.05, 4.69) is 5.32 Å². The molecule has 0 aliphatic rings. The summed E-state index contributed by atoms with van der Waals surface area (Å²) in [5.41, 5.74) is 0. The van der Waals surface area contributed by atoms with Crippen molar-refractivity contribution in [3.63, 3.8) is 0 Å². The summed E-state index contributed by atoms with van der Waals surface area (Å²) in [5.74, 6) is -1.22. The smallest absolute Gasteiger partial charge is 0.334 e. The SMILES string of the molecule is CCOC(=O)C(NCCCOC)C(=O)OCC. The second-order valence-corrected chi connectivity index (χ2v) is 3.24. The number of carbonyl (C=O) groups is 2. The van der Waals surface area contributed by atoms with E-state index in [1.54, 1.807) is 21.0 Å². The molecule has 0 saturated heterocycles. The van der Waals surface area contributed by atoms with Crippen LogP contribution in [0.1, 0.15) is 20.3 Å². The summed E-state index contributed by atoms with van der Waals surface area (Å²) in [7, 11) is 1.59. The van der Waals surface area contributed by atoms with Crippen molar-refractivity contribution in [2.24, 2.45) is 0 Å². The van der Waals surface area contributed by atoms with E-state index in [0.29, 0.717) is 19.6 Å². The third-order valence-corrected chi connectivity index (χ3v) is 1.92. The molecule has 1 N–H and O–H groups in total. The number of hydrogen-bond acceptors (Lipinski definition) is 6. The van der Waals surface area contributed by atoms with Gasteiger partial charge < -0.3 is 14.2 Å². The van der Waals surface area contributed by atoms with Gasteiger partial charge in [0.15, 0.2) is 0 Å². The van der Waals surface area contributed by atoms with Gasteiger partial charge in [-0.2, -0.15) is 0 Å². The summed E-state index contributed by atoms with van der Waals surface area (Å²) in [5, 5.41) is 2.79. The Labute approximate surface area is 102 Å². The first kappa shape index (κ1) is 15.9. The van der Waals surface area contributed by atoms with Crippen LogP contribution in [0.25, 0.3) is 0 Å². The van der Waals surface area contributed by atoms with Gasteiger partial charge in [-0.15, -0.1) is 0 Å². The Bertz CT molecular complexity index is 214. The van der Waals surface area contributed by atoms with Crippen LogP contribution in [0, 0.1) is 0 Å². The molecule has 0 atom stereocenters. The van der Waals surface area contributed by atoms with Crippen LogP contribution in [0.15, 0.2) is 0 Å². The lowest BCUT2D eigenvalue weighted by atomic mass is 10.3. The summed E-state index contributed by atoms with van der Waals surface area (Å²) in [6.45, 7) is 4.88. The van der Waals surface area contributed by atoms with E-state index in [1.165, 1.54) is 0 Å². The average molecular weight is 247 g/mol. The largest absolute Gasteiger partial charge is 0.464 e. The van der Waals surface area contributed by atoms with Gasteiger partial charge in [-0.1, -0.05) is 0 Å². The average Bonchev–Trinajstić information content (AvgIpc) is 2.29. The zero-order chi connectivity index (χ0) is 13.1. The maximum Gasteiger partial charge on any atom is 0.334 e. The Kier molecular flexibility index (Phi) is 9.37. The van der Waals surface area contributed by atoms with Gasteiger partial charge in [0.05, 0.1) is 13.2 Å². The van der Waals surface area contributed by atoms with Crippen LogP contribution < -0.4 is 5.32 Å². The summed E-state index contributed by atoms with van der Waals surface area (Å²) in [6.07, 6.45) is 0.700. The lowest BCUT2D eigenvalue weighted by molar-refractivity contribution is -0.158. The fraction of sp³-hybridized carbons (Fsp3) is 0.818. The number of methoxy groups -OCH3 is 1. The zero-order valence-electron chi connectivity index (χ0n) is 10.7. The number of esters is 2. The van der Waals surface area contributed by atoms with E-state index in [1.807, 2.05) is 0 Å². The van der Waals surface area contributed by atoms with Crippen LogP contribution >= 0.6 is 0 Å². The van der Waals surface area contributed by atoms with Crippen LogP contribution in [-0.2, 0) is 23.8 Å². The van der Waals surface area contributed by atoms with Crippen molar-refractivity contribution in [1.82, 2.24) is 5.32 Å². The maximum absolute atomic E-state index is 11.5. The van der Waals surface area contributed by atoms with Gasteiger partial charge in [0, 0.05) is 13.7 Å². The highest BCUT2D eigenvalue weighted by Gasteiger charge is 2.28. The van der Waals surface area contributed by atoms with Crippen LogP contribution in [0.2, 0.25) is 0 Å². The molecule has 17 heavy (non-hydrogen) atoms. The Balaban J connectivity index is 4.19. The number of rotatable bonds is 9. The molecule has 0 aliphatic carbocycles. The molecule has 0 aromatic heterocycles. The van der Waals surface area contributed by atoms with Crippen molar-refractivity contribution < 1.29 is 23.8 Å². The van der Waals surface area contributed by atoms with Gasteiger partial charge in [0.1, 0.15) is 0 Å². The number of carbonyl (C=O) groups excluding carboxylic acids is 2. The van der Waals surface area contributed by atoms with Gasteiger partial charge >= 0.3 is 11.9 Å². The van der Waals surface area contributed by atoms with E-state index in [-0.39, 0.29) is 13.2 Å². The zero-order valence-corrected chi connectivity index (χ0v) is 10.7. The van der Waals surface area contributed by atoms with Crippen LogP contribution in [0.4, 0.5) is 0 Å². The molecular weight excluding hydrogens is 226 g/mol. The Morgan fingerprint density at radius 2 is 1.65 bits per heavy atom. The number of ether oxygens (including phenoxy) is 3. The maximum atomic E-state index is 11.5. The molecule has 0 aromatic carbocycles. The van der Waals surface area contributed by atoms with E-state index in [0.717, 1.165) is 0 Å². The highest BCUT2D eigenvalue weighted by Crippen LogP contribution is 1.95. The molecule has 0 bridgehead atoms. The molecule has 0 aliphatic heterocycles. The Morgan fingerprint density at radius 1 is 1.12 bits per heavy atom. The highest BCUT2D eigenvalue weighted by molar-refractivity contribution is 5.99. The van der Waals surface area contributed by atoms with Crippen molar-refractivity contribution in [2.45, 2.75) is 26.3 Å². The molecule has 6 heteroatoms. The molecule has 0 aromatic rings. The highest BCUT2D eigenvalue weighted by atomic mass is 16.6. The molecule has 0 amide bonds. The van der Waals surface area contributed by atoms with Gasteiger partial charge in [0.2, 0.25) is 6.04 Å². The third-order valence-electron chi connectivity index (χ3n) is 1.92. The van der Waals surface area contributed by atoms with Crippen molar-refractivity contribution in [3.05, 3.63) is 0 Å². The predicted octanol–water partition coefficient (Wildman–Crippen LogP) is 0.107. The van der Waals surface area contributed by atoms with Crippen molar-refractivity contribution in [1.29, 1.82) is 0 Å². The summed E-state index contributed by atoms with van der Waals surface area (Å²) in [6, 6.07) is -1.05. The third kappa shape index (κ3) is 6.91. The molecule has 0 spiro atoms. The van der Waals surface area contributed by atoms with E-state index >= 15 is 0 Å². The fourth-order valence-electron chi connectivity index (χ4n) is 1.18. The number of hydrogen-bond donors (Lipinski definition) is 1. The molecular formula is C11H21NO5. The normalized spacial score (nSPS) is 10.4. The Hall–Kier alpha value is -1.14. The fourth-order valence-corrected chi connectivity index (χ4v) is 1.18. The Morgan fingerprint density at radius 3 is 2.06 bits per heavy atom. The first-order chi connectivity index (χ1) is 8.17. The van der Waals surface area contributed by atoms with E-state index in [9.17, 15) is 9.59 Å². The lowest BCUT2D eigenvalue weighted by Crippen LogP contribution is -2.46. The van der Waals surface area contributed by atoms with E-state index < -0.39 is 18.0 Å². The van der Waals surface area contributed by atoms with Crippen molar-refractivity contribution in [2.75, 3.05) is 33.5 Å².